The molecule has 1 aromatic rings. The van der Waals surface area contributed by atoms with E-state index in [1.54, 1.807) is 12.1 Å². The Balaban J connectivity index is 2.78. The van der Waals surface area contributed by atoms with E-state index in [1.807, 2.05) is 6.21 Å². The van der Waals surface area contributed by atoms with Crippen LogP contribution in [0.15, 0.2) is 17.2 Å². The first-order chi connectivity index (χ1) is 7.54. The first-order valence-electron chi connectivity index (χ1n) is 4.98. The molecule has 1 atom stereocenters. The van der Waals surface area contributed by atoms with E-state index >= 15 is 0 Å². The number of nitrogens with one attached hydrogen (secondary N) is 1. The van der Waals surface area contributed by atoms with Gasteiger partial charge in [-0.05, 0) is 24.5 Å². The van der Waals surface area contributed by atoms with Gasteiger partial charge in [-0.25, -0.2) is 0 Å². The summed E-state index contributed by atoms with van der Waals surface area (Å²) < 4.78 is 0. The number of hydrogen-bond donors (Lipinski definition) is 1. The van der Waals surface area contributed by atoms with Gasteiger partial charge in [0.05, 0.1) is 15.7 Å². The monoisotopic (exact) mass is 278 g/mol. The van der Waals surface area contributed by atoms with Gasteiger partial charge in [0, 0.05) is 11.2 Å². The average Bonchev–Trinajstić information content (AvgIpc) is 2.21. The lowest BCUT2D eigenvalue weighted by Crippen LogP contribution is -1.97. The molecule has 0 bridgehead atoms. The van der Waals surface area contributed by atoms with Gasteiger partial charge in [0.25, 0.3) is 0 Å². The number of rotatable bonds is 4. The molecule has 1 N–H and O–H groups in total. The Hall–Kier alpha value is -0.440. The molecule has 0 aliphatic carbocycles. The fourth-order valence-electron chi connectivity index (χ4n) is 0.983. The zero-order chi connectivity index (χ0) is 12.1. The molecule has 0 aliphatic heterocycles. The Morgan fingerprint density at radius 2 is 1.88 bits per heavy atom. The van der Waals surface area contributed by atoms with Gasteiger partial charge in [-0.15, -0.1) is 0 Å². The molecule has 88 valence electrons. The van der Waals surface area contributed by atoms with Gasteiger partial charge in [-0.1, -0.05) is 48.7 Å². The summed E-state index contributed by atoms with van der Waals surface area (Å²) >= 11 is 17.8. The van der Waals surface area contributed by atoms with Crippen LogP contribution in [-0.2, 0) is 0 Å². The molecule has 0 saturated heterocycles. The Morgan fingerprint density at radius 3 is 2.38 bits per heavy atom. The standard InChI is InChI=1S/C11H13Cl3N2/c1-3-7(2)6-15-16-11-9(13)4-8(12)5-10(11)14/h4-7,16H,3H2,1-2H3/b15-6+. The number of benzene rings is 1. The molecule has 0 saturated carbocycles. The molecule has 5 heteroatoms. The predicted molar refractivity (Wildman–Crippen MR) is 73.0 cm³/mol. The topological polar surface area (TPSA) is 24.4 Å². The highest BCUT2D eigenvalue weighted by Gasteiger charge is 2.06. The predicted octanol–water partition coefficient (Wildman–Crippen LogP) is 5.09. The lowest BCUT2D eigenvalue weighted by atomic mass is 10.1. The molecule has 16 heavy (non-hydrogen) atoms. The Labute approximate surface area is 111 Å². The van der Waals surface area contributed by atoms with Crippen molar-refractivity contribution >= 4 is 46.7 Å². The van der Waals surface area contributed by atoms with E-state index in [-0.39, 0.29) is 0 Å². The van der Waals surface area contributed by atoms with Crippen molar-refractivity contribution in [1.82, 2.24) is 0 Å². The second-order valence-corrected chi connectivity index (χ2v) is 4.77. The van der Waals surface area contributed by atoms with E-state index in [9.17, 15) is 0 Å². The van der Waals surface area contributed by atoms with Gasteiger partial charge >= 0.3 is 0 Å². The number of anilines is 1. The fourth-order valence-corrected chi connectivity index (χ4v) is 1.88. The molecule has 0 spiro atoms. The van der Waals surface area contributed by atoms with Gasteiger partial charge in [-0.3, -0.25) is 5.43 Å². The number of nitrogens with zero attached hydrogens (tertiary/aromatic N) is 1. The van der Waals surface area contributed by atoms with Crippen LogP contribution < -0.4 is 5.43 Å². The van der Waals surface area contributed by atoms with Crippen molar-refractivity contribution in [3.8, 4) is 0 Å². The van der Waals surface area contributed by atoms with Crippen LogP contribution >= 0.6 is 34.8 Å². The lowest BCUT2D eigenvalue weighted by molar-refractivity contribution is 0.753. The SMILES string of the molecule is CCC(C)/C=N/Nc1c(Cl)cc(Cl)cc1Cl. The van der Waals surface area contributed by atoms with E-state index in [0.717, 1.165) is 6.42 Å². The van der Waals surface area contributed by atoms with Crippen molar-refractivity contribution in [2.75, 3.05) is 5.43 Å². The van der Waals surface area contributed by atoms with Crippen LogP contribution in [0.3, 0.4) is 0 Å². The highest BCUT2D eigenvalue weighted by atomic mass is 35.5. The molecular weight excluding hydrogens is 266 g/mol. The van der Waals surface area contributed by atoms with E-state index in [0.29, 0.717) is 26.7 Å². The second kappa shape index (κ2) is 6.33. The van der Waals surface area contributed by atoms with Crippen LogP contribution in [0.5, 0.6) is 0 Å². The number of halogens is 3. The van der Waals surface area contributed by atoms with Crippen LogP contribution in [-0.4, -0.2) is 6.21 Å². The van der Waals surface area contributed by atoms with Crippen molar-refractivity contribution in [3.05, 3.63) is 27.2 Å². The molecule has 0 radical (unpaired) electrons. The molecular formula is C11H13Cl3N2. The minimum Gasteiger partial charge on any atom is -0.276 e. The smallest absolute Gasteiger partial charge is 0.0935 e. The van der Waals surface area contributed by atoms with Crippen molar-refractivity contribution in [1.29, 1.82) is 0 Å². The summed E-state index contributed by atoms with van der Waals surface area (Å²) in [7, 11) is 0. The van der Waals surface area contributed by atoms with Gasteiger partial charge in [0.15, 0.2) is 0 Å². The van der Waals surface area contributed by atoms with Crippen LogP contribution in [0.1, 0.15) is 20.3 Å². The van der Waals surface area contributed by atoms with E-state index < -0.39 is 0 Å². The fraction of sp³-hybridized carbons (Fsp3) is 0.364. The first kappa shape index (κ1) is 13.6. The number of hydrogen-bond acceptors (Lipinski definition) is 2. The Bertz CT molecular complexity index is 368. The summed E-state index contributed by atoms with van der Waals surface area (Å²) in [4.78, 5) is 0. The average molecular weight is 280 g/mol. The summed E-state index contributed by atoms with van der Waals surface area (Å²) in [6.07, 6.45) is 2.86. The summed E-state index contributed by atoms with van der Waals surface area (Å²) in [5.41, 5.74) is 3.40. The van der Waals surface area contributed by atoms with E-state index in [1.165, 1.54) is 0 Å². The van der Waals surface area contributed by atoms with E-state index in [2.05, 4.69) is 24.4 Å². The van der Waals surface area contributed by atoms with Gasteiger partial charge in [-0.2, -0.15) is 5.10 Å². The lowest BCUT2D eigenvalue weighted by Gasteiger charge is -2.07. The maximum atomic E-state index is 5.98. The van der Waals surface area contributed by atoms with Gasteiger partial charge in [0.1, 0.15) is 0 Å². The van der Waals surface area contributed by atoms with Crippen LogP contribution in [0.25, 0.3) is 0 Å². The summed E-state index contributed by atoms with van der Waals surface area (Å²) in [5.74, 6) is 0.414. The van der Waals surface area contributed by atoms with Crippen molar-refractivity contribution in [2.45, 2.75) is 20.3 Å². The number of hydrazone groups is 1. The molecule has 0 amide bonds. The maximum absolute atomic E-state index is 5.98. The van der Waals surface area contributed by atoms with E-state index in [4.69, 9.17) is 34.8 Å². The molecule has 1 rings (SSSR count). The van der Waals surface area contributed by atoms with Gasteiger partial charge < -0.3 is 0 Å². The third kappa shape index (κ3) is 3.85. The zero-order valence-corrected chi connectivity index (χ0v) is 11.4. The maximum Gasteiger partial charge on any atom is 0.0935 e. The van der Waals surface area contributed by atoms with Crippen LogP contribution in [0.4, 0.5) is 5.69 Å². The first-order valence-corrected chi connectivity index (χ1v) is 6.11. The highest BCUT2D eigenvalue weighted by molar-refractivity contribution is 6.41. The Kier molecular flexibility index (Phi) is 5.39. The molecule has 1 aromatic carbocycles. The minimum atomic E-state index is 0.414. The van der Waals surface area contributed by atoms with Gasteiger partial charge in [0.2, 0.25) is 0 Å². The van der Waals surface area contributed by atoms with Crippen molar-refractivity contribution in [3.63, 3.8) is 0 Å². The minimum absolute atomic E-state index is 0.414. The zero-order valence-electron chi connectivity index (χ0n) is 9.10. The highest BCUT2D eigenvalue weighted by Crippen LogP contribution is 2.33. The third-order valence-electron chi connectivity index (χ3n) is 2.16. The molecule has 0 heterocycles. The molecule has 0 aromatic heterocycles. The Morgan fingerprint density at radius 1 is 1.31 bits per heavy atom. The van der Waals surface area contributed by atoms with Crippen molar-refractivity contribution in [2.24, 2.45) is 11.0 Å². The van der Waals surface area contributed by atoms with Crippen LogP contribution in [0.2, 0.25) is 15.1 Å². The molecule has 0 fully saturated rings. The quantitative estimate of drug-likeness (QED) is 0.602. The molecule has 0 aliphatic rings. The summed E-state index contributed by atoms with van der Waals surface area (Å²) in [6, 6.07) is 3.24. The molecule has 2 nitrogen and oxygen atoms in total. The summed E-state index contributed by atoms with van der Waals surface area (Å²) in [5, 5.41) is 5.50. The second-order valence-electron chi connectivity index (χ2n) is 3.52. The largest absolute Gasteiger partial charge is 0.276 e. The molecule has 1 unspecified atom stereocenters. The normalized spacial score (nSPS) is 13.1. The van der Waals surface area contributed by atoms with Crippen molar-refractivity contribution < 1.29 is 0 Å². The summed E-state index contributed by atoms with van der Waals surface area (Å²) in [6.45, 7) is 4.18. The third-order valence-corrected chi connectivity index (χ3v) is 2.97. The van der Waals surface area contributed by atoms with Crippen LogP contribution in [0, 0.1) is 5.92 Å².